The molecule has 0 saturated heterocycles. The molecule has 1 amide bonds. The predicted octanol–water partition coefficient (Wildman–Crippen LogP) is 3.09. The summed E-state index contributed by atoms with van der Waals surface area (Å²) in [5.74, 6) is -0.415. The number of halogens is 1. The van der Waals surface area contributed by atoms with Crippen LogP contribution in [0, 0.1) is 5.82 Å². The Bertz CT molecular complexity index is 586. The number of carbonyl (C=O) groups excluding carboxylic acids is 1. The third-order valence-corrected chi connectivity index (χ3v) is 3.02. The zero-order valence-electron chi connectivity index (χ0n) is 10.3. The van der Waals surface area contributed by atoms with Crippen LogP contribution in [-0.2, 0) is 6.42 Å². The van der Waals surface area contributed by atoms with Gasteiger partial charge in [0.1, 0.15) is 5.82 Å². The Morgan fingerprint density at radius 2 is 1.95 bits per heavy atom. The summed E-state index contributed by atoms with van der Waals surface area (Å²) in [4.78, 5) is 12.6. The predicted molar refractivity (Wildman–Crippen MR) is 76.1 cm³/mol. The normalized spacial score (nSPS) is 10.2. The smallest absolute Gasteiger partial charge is 0.251 e. The van der Waals surface area contributed by atoms with Crippen molar-refractivity contribution in [2.45, 2.75) is 11.3 Å². The van der Waals surface area contributed by atoms with Gasteiger partial charge in [0.05, 0.1) is 0 Å². The third kappa shape index (κ3) is 3.83. The van der Waals surface area contributed by atoms with Crippen molar-refractivity contribution in [3.05, 3.63) is 65.5 Å². The number of hydrogen-bond donors (Lipinski definition) is 2. The van der Waals surface area contributed by atoms with Gasteiger partial charge in [0, 0.05) is 17.0 Å². The average molecular weight is 275 g/mol. The second kappa shape index (κ2) is 6.38. The highest BCUT2D eigenvalue weighted by Crippen LogP contribution is 2.09. The molecule has 4 heteroatoms. The summed E-state index contributed by atoms with van der Waals surface area (Å²) < 4.78 is 13.4. The maximum absolute atomic E-state index is 13.4. The molecular weight excluding hydrogens is 261 g/mol. The van der Waals surface area contributed by atoms with Crippen LogP contribution in [0.3, 0.4) is 0 Å². The highest BCUT2D eigenvalue weighted by molar-refractivity contribution is 7.80. The van der Waals surface area contributed by atoms with E-state index in [9.17, 15) is 9.18 Å². The monoisotopic (exact) mass is 275 g/mol. The lowest BCUT2D eigenvalue weighted by Gasteiger charge is -2.06. The molecule has 0 aliphatic rings. The number of hydrogen-bond acceptors (Lipinski definition) is 2. The van der Waals surface area contributed by atoms with Gasteiger partial charge < -0.3 is 5.32 Å². The van der Waals surface area contributed by atoms with Crippen molar-refractivity contribution in [1.29, 1.82) is 0 Å². The molecule has 19 heavy (non-hydrogen) atoms. The van der Waals surface area contributed by atoms with Crippen LogP contribution >= 0.6 is 12.6 Å². The van der Waals surface area contributed by atoms with Crippen LogP contribution in [0.25, 0.3) is 0 Å². The first kappa shape index (κ1) is 13.6. The summed E-state index contributed by atoms with van der Waals surface area (Å²) in [6.07, 6.45) is 0.471. The van der Waals surface area contributed by atoms with Gasteiger partial charge in [0.15, 0.2) is 0 Å². The average Bonchev–Trinajstić information content (AvgIpc) is 2.41. The number of carbonyl (C=O) groups is 1. The highest BCUT2D eigenvalue weighted by atomic mass is 32.1. The van der Waals surface area contributed by atoms with E-state index in [0.29, 0.717) is 24.1 Å². The topological polar surface area (TPSA) is 29.1 Å². The summed E-state index contributed by atoms with van der Waals surface area (Å²) in [6, 6.07) is 13.6. The van der Waals surface area contributed by atoms with Crippen molar-refractivity contribution >= 4 is 18.5 Å². The molecule has 0 fully saturated rings. The second-order valence-electron chi connectivity index (χ2n) is 4.15. The molecule has 0 spiro atoms. The minimum atomic E-state index is -0.242. The van der Waals surface area contributed by atoms with Crippen LogP contribution in [0.1, 0.15) is 15.9 Å². The summed E-state index contributed by atoms with van der Waals surface area (Å²) >= 11 is 4.18. The van der Waals surface area contributed by atoms with Crippen molar-refractivity contribution < 1.29 is 9.18 Å². The van der Waals surface area contributed by atoms with Gasteiger partial charge in [-0.3, -0.25) is 4.79 Å². The van der Waals surface area contributed by atoms with Crippen LogP contribution in [0.5, 0.6) is 0 Å². The number of benzene rings is 2. The van der Waals surface area contributed by atoms with Gasteiger partial charge in [-0.15, -0.1) is 12.6 Å². The number of thiol groups is 1. The van der Waals surface area contributed by atoms with E-state index in [1.165, 1.54) is 6.07 Å². The van der Waals surface area contributed by atoms with E-state index in [2.05, 4.69) is 17.9 Å². The zero-order valence-corrected chi connectivity index (χ0v) is 11.2. The largest absolute Gasteiger partial charge is 0.352 e. The van der Waals surface area contributed by atoms with Crippen LogP contribution < -0.4 is 5.32 Å². The van der Waals surface area contributed by atoms with Crippen LogP contribution in [0.4, 0.5) is 4.39 Å². The van der Waals surface area contributed by atoms with E-state index < -0.39 is 0 Å². The Hall–Kier alpha value is -1.81. The second-order valence-corrected chi connectivity index (χ2v) is 4.66. The molecule has 1 N–H and O–H groups in total. The fourth-order valence-electron chi connectivity index (χ4n) is 1.76. The van der Waals surface area contributed by atoms with Gasteiger partial charge in [0.2, 0.25) is 0 Å². The lowest BCUT2D eigenvalue weighted by molar-refractivity contribution is 0.0954. The van der Waals surface area contributed by atoms with Crippen molar-refractivity contribution in [2.24, 2.45) is 0 Å². The van der Waals surface area contributed by atoms with Gasteiger partial charge in [-0.05, 0) is 36.2 Å². The Balaban J connectivity index is 1.90. The Morgan fingerprint density at radius 3 is 2.68 bits per heavy atom. The van der Waals surface area contributed by atoms with E-state index >= 15 is 0 Å². The lowest BCUT2D eigenvalue weighted by Crippen LogP contribution is -2.25. The maximum atomic E-state index is 13.4. The number of amides is 1. The van der Waals surface area contributed by atoms with Gasteiger partial charge >= 0.3 is 0 Å². The minimum absolute atomic E-state index is 0.174. The maximum Gasteiger partial charge on any atom is 0.251 e. The molecule has 0 unspecified atom stereocenters. The Labute approximate surface area is 117 Å². The van der Waals surface area contributed by atoms with Gasteiger partial charge in [-0.2, -0.15) is 0 Å². The molecule has 2 aromatic rings. The zero-order chi connectivity index (χ0) is 13.7. The van der Waals surface area contributed by atoms with Gasteiger partial charge in [-0.25, -0.2) is 4.39 Å². The van der Waals surface area contributed by atoms with Crippen molar-refractivity contribution in [1.82, 2.24) is 5.32 Å². The molecule has 98 valence electrons. The van der Waals surface area contributed by atoms with E-state index in [1.54, 1.807) is 42.5 Å². The first-order valence-electron chi connectivity index (χ1n) is 5.97. The van der Waals surface area contributed by atoms with Crippen LogP contribution in [-0.4, -0.2) is 12.5 Å². The molecule has 0 saturated carbocycles. The van der Waals surface area contributed by atoms with Crippen molar-refractivity contribution in [2.75, 3.05) is 6.54 Å². The standard InChI is InChI=1S/C15H14FNOS/c16-14-7-2-1-4-11(14)8-9-17-15(18)12-5-3-6-13(19)10-12/h1-7,10,19H,8-9H2,(H,17,18). The van der Waals surface area contributed by atoms with Crippen molar-refractivity contribution in [3.63, 3.8) is 0 Å². The quantitative estimate of drug-likeness (QED) is 0.825. The minimum Gasteiger partial charge on any atom is -0.352 e. The van der Waals surface area contributed by atoms with Crippen molar-refractivity contribution in [3.8, 4) is 0 Å². The molecule has 2 aromatic carbocycles. The Morgan fingerprint density at radius 1 is 1.16 bits per heavy atom. The number of rotatable bonds is 4. The summed E-state index contributed by atoms with van der Waals surface area (Å²) in [5.41, 5.74) is 1.16. The first-order valence-corrected chi connectivity index (χ1v) is 6.42. The fourth-order valence-corrected chi connectivity index (χ4v) is 1.99. The van der Waals surface area contributed by atoms with Gasteiger partial charge in [-0.1, -0.05) is 24.3 Å². The van der Waals surface area contributed by atoms with E-state index in [4.69, 9.17) is 0 Å². The summed E-state index contributed by atoms with van der Waals surface area (Å²) in [7, 11) is 0. The van der Waals surface area contributed by atoms with E-state index in [-0.39, 0.29) is 11.7 Å². The molecule has 0 aliphatic carbocycles. The SMILES string of the molecule is O=C(NCCc1ccccc1F)c1cccc(S)c1. The molecule has 0 bridgehead atoms. The summed E-state index contributed by atoms with van der Waals surface area (Å²) in [6.45, 7) is 0.399. The third-order valence-electron chi connectivity index (χ3n) is 2.75. The molecule has 0 heterocycles. The molecule has 2 rings (SSSR count). The molecule has 0 atom stereocenters. The molecule has 0 aliphatic heterocycles. The van der Waals surface area contributed by atoms with Crippen LogP contribution in [0.15, 0.2) is 53.4 Å². The van der Waals surface area contributed by atoms with E-state index in [1.807, 2.05) is 0 Å². The van der Waals surface area contributed by atoms with Crippen LogP contribution in [0.2, 0.25) is 0 Å². The lowest BCUT2D eigenvalue weighted by atomic mass is 10.1. The molecular formula is C15H14FNOS. The van der Waals surface area contributed by atoms with E-state index in [0.717, 1.165) is 4.90 Å². The highest BCUT2D eigenvalue weighted by Gasteiger charge is 2.06. The molecule has 0 aromatic heterocycles. The first-order chi connectivity index (χ1) is 9.16. The van der Waals surface area contributed by atoms with Gasteiger partial charge in [0.25, 0.3) is 5.91 Å². The number of nitrogens with one attached hydrogen (secondary N) is 1. The molecule has 0 radical (unpaired) electrons. The Kier molecular flexibility index (Phi) is 4.58. The molecule has 2 nitrogen and oxygen atoms in total. The fraction of sp³-hybridized carbons (Fsp3) is 0.133. The summed E-state index contributed by atoms with van der Waals surface area (Å²) in [5, 5.41) is 2.76.